The molecule has 0 spiro atoms. The van der Waals surface area contributed by atoms with Gasteiger partial charge >= 0.3 is 0 Å². The summed E-state index contributed by atoms with van der Waals surface area (Å²) in [6.07, 6.45) is 6.08. The van der Waals surface area contributed by atoms with Crippen LogP contribution in [-0.2, 0) is 6.61 Å². The third-order valence-electron chi connectivity index (χ3n) is 6.22. The first-order valence-corrected chi connectivity index (χ1v) is 11.6. The van der Waals surface area contributed by atoms with Crippen molar-refractivity contribution in [2.45, 2.75) is 44.8 Å². The van der Waals surface area contributed by atoms with Crippen LogP contribution < -0.4 is 10.2 Å². The zero-order valence-electron chi connectivity index (χ0n) is 16.9. The van der Waals surface area contributed by atoms with Crippen LogP contribution >= 0.6 is 11.3 Å². The van der Waals surface area contributed by atoms with Crippen molar-refractivity contribution in [2.24, 2.45) is 5.92 Å². The summed E-state index contributed by atoms with van der Waals surface area (Å²) in [5.74, 6) is 1.31. The van der Waals surface area contributed by atoms with Gasteiger partial charge in [0.1, 0.15) is 12.4 Å². The molecular formula is C25H26N2O2S. The molecule has 4 aromatic rings. The Morgan fingerprint density at radius 2 is 1.90 bits per heavy atom. The second kappa shape index (κ2) is 8.72. The summed E-state index contributed by atoms with van der Waals surface area (Å²) in [5, 5.41) is 14.4. The number of hydroxylamine groups is 1. The summed E-state index contributed by atoms with van der Waals surface area (Å²) >= 11 is 1.71. The van der Waals surface area contributed by atoms with Gasteiger partial charge in [-0.3, -0.25) is 0 Å². The first kappa shape index (κ1) is 19.5. The SMILES string of the molecule is ONC(c1csc2cccc(OCc3ccc4ccccc4n3)c12)C1CCCCC1. The smallest absolute Gasteiger partial charge is 0.130 e. The minimum Gasteiger partial charge on any atom is -0.487 e. The van der Waals surface area contributed by atoms with E-state index >= 15 is 0 Å². The van der Waals surface area contributed by atoms with Crippen molar-refractivity contribution in [1.29, 1.82) is 0 Å². The molecule has 1 saturated carbocycles. The Morgan fingerprint density at radius 3 is 2.77 bits per heavy atom. The van der Waals surface area contributed by atoms with Crippen molar-refractivity contribution >= 4 is 32.3 Å². The average molecular weight is 419 g/mol. The van der Waals surface area contributed by atoms with Crippen molar-refractivity contribution in [1.82, 2.24) is 10.5 Å². The predicted octanol–water partition coefficient (Wildman–Crippen LogP) is 6.63. The van der Waals surface area contributed by atoms with Crippen molar-refractivity contribution in [3.63, 3.8) is 0 Å². The van der Waals surface area contributed by atoms with E-state index in [1.807, 2.05) is 36.4 Å². The molecule has 4 nitrogen and oxygen atoms in total. The molecule has 5 rings (SSSR count). The van der Waals surface area contributed by atoms with Crippen LogP contribution in [0.4, 0.5) is 0 Å². The number of aromatic nitrogens is 1. The van der Waals surface area contributed by atoms with Gasteiger partial charge in [0.2, 0.25) is 0 Å². The number of hydrogen-bond donors (Lipinski definition) is 2. The number of ether oxygens (including phenoxy) is 1. The van der Waals surface area contributed by atoms with Crippen molar-refractivity contribution < 1.29 is 9.94 Å². The van der Waals surface area contributed by atoms with Crippen LogP contribution in [0.3, 0.4) is 0 Å². The highest BCUT2D eigenvalue weighted by Crippen LogP contribution is 2.42. The molecule has 2 aromatic heterocycles. The van der Waals surface area contributed by atoms with Gasteiger partial charge in [-0.2, -0.15) is 5.48 Å². The predicted molar refractivity (Wildman–Crippen MR) is 122 cm³/mol. The lowest BCUT2D eigenvalue weighted by Gasteiger charge is -2.29. The van der Waals surface area contributed by atoms with Crippen LogP contribution in [0.1, 0.15) is 49.4 Å². The normalized spacial score (nSPS) is 16.2. The van der Waals surface area contributed by atoms with E-state index in [9.17, 15) is 5.21 Å². The molecule has 0 radical (unpaired) electrons. The second-order valence-electron chi connectivity index (χ2n) is 8.11. The van der Waals surface area contributed by atoms with Gasteiger partial charge in [-0.1, -0.05) is 49.6 Å². The van der Waals surface area contributed by atoms with Crippen LogP contribution in [0, 0.1) is 5.92 Å². The Kier molecular flexibility index (Phi) is 5.67. The Balaban J connectivity index is 1.44. The highest BCUT2D eigenvalue weighted by atomic mass is 32.1. The van der Waals surface area contributed by atoms with Gasteiger partial charge in [0.15, 0.2) is 0 Å². The Labute approximate surface area is 180 Å². The monoisotopic (exact) mass is 418 g/mol. The van der Waals surface area contributed by atoms with Crippen LogP contribution in [0.2, 0.25) is 0 Å². The van der Waals surface area contributed by atoms with Crippen LogP contribution in [0.5, 0.6) is 5.75 Å². The topological polar surface area (TPSA) is 54.4 Å². The van der Waals surface area contributed by atoms with E-state index in [0.717, 1.165) is 46.1 Å². The number of nitrogens with one attached hydrogen (secondary N) is 1. The maximum Gasteiger partial charge on any atom is 0.130 e. The van der Waals surface area contributed by atoms with E-state index in [0.29, 0.717) is 12.5 Å². The number of benzene rings is 2. The van der Waals surface area contributed by atoms with Gasteiger partial charge in [0.25, 0.3) is 0 Å². The van der Waals surface area contributed by atoms with Crippen molar-refractivity contribution in [3.05, 3.63) is 71.2 Å². The molecule has 0 saturated heterocycles. The summed E-state index contributed by atoms with van der Waals surface area (Å²) in [7, 11) is 0. The van der Waals surface area contributed by atoms with E-state index in [2.05, 4.69) is 29.1 Å². The largest absolute Gasteiger partial charge is 0.487 e. The molecule has 2 N–H and O–H groups in total. The second-order valence-corrected chi connectivity index (χ2v) is 9.02. The summed E-state index contributed by atoms with van der Waals surface area (Å²) in [5.41, 5.74) is 5.66. The molecule has 2 heterocycles. The van der Waals surface area contributed by atoms with Crippen molar-refractivity contribution in [2.75, 3.05) is 0 Å². The molecule has 154 valence electrons. The molecule has 2 aromatic carbocycles. The van der Waals surface area contributed by atoms with Gasteiger partial charge in [-0.05, 0) is 54.0 Å². The number of fused-ring (bicyclic) bond motifs is 2. The molecule has 30 heavy (non-hydrogen) atoms. The Morgan fingerprint density at radius 1 is 1.03 bits per heavy atom. The number of hydrogen-bond acceptors (Lipinski definition) is 5. The molecule has 0 aliphatic heterocycles. The number of nitrogens with zero attached hydrogens (tertiary/aromatic N) is 1. The number of pyridine rings is 1. The molecule has 5 heteroatoms. The molecule has 1 aliphatic rings. The molecule has 1 fully saturated rings. The third-order valence-corrected chi connectivity index (χ3v) is 7.18. The molecule has 1 atom stereocenters. The standard InChI is InChI=1S/C25H26N2O2S/c28-27-25(18-8-2-1-3-9-18)20-16-30-23-12-6-11-22(24(20)23)29-15-19-14-13-17-7-4-5-10-21(17)26-19/h4-7,10-14,16,18,25,27-28H,1-3,8-9,15H2. The van der Waals surface area contributed by atoms with Crippen LogP contribution in [0.15, 0.2) is 60.0 Å². The van der Waals surface area contributed by atoms with E-state index in [1.165, 1.54) is 24.0 Å². The van der Waals surface area contributed by atoms with Gasteiger partial charge in [0, 0.05) is 15.5 Å². The third kappa shape index (κ3) is 3.81. The van der Waals surface area contributed by atoms with E-state index in [4.69, 9.17) is 9.72 Å². The molecule has 1 unspecified atom stereocenters. The summed E-state index contributed by atoms with van der Waals surface area (Å²) in [6, 6.07) is 18.4. The summed E-state index contributed by atoms with van der Waals surface area (Å²) in [6.45, 7) is 0.417. The van der Waals surface area contributed by atoms with E-state index < -0.39 is 0 Å². The highest BCUT2D eigenvalue weighted by molar-refractivity contribution is 7.17. The number of rotatable bonds is 6. The van der Waals surface area contributed by atoms with Gasteiger partial charge in [0.05, 0.1) is 17.3 Å². The molecule has 0 amide bonds. The number of para-hydroxylation sites is 1. The first-order chi connectivity index (χ1) is 14.8. The molecule has 0 bridgehead atoms. The van der Waals surface area contributed by atoms with Gasteiger partial charge in [-0.25, -0.2) is 4.98 Å². The maximum atomic E-state index is 10.0. The fourth-order valence-electron chi connectivity index (χ4n) is 4.67. The fourth-order valence-corrected chi connectivity index (χ4v) is 5.68. The zero-order chi connectivity index (χ0) is 20.3. The number of thiophene rings is 1. The average Bonchev–Trinajstić information content (AvgIpc) is 3.23. The fraction of sp³-hybridized carbons (Fsp3) is 0.320. The lowest BCUT2D eigenvalue weighted by Crippen LogP contribution is -2.27. The molecular weight excluding hydrogens is 392 g/mol. The van der Waals surface area contributed by atoms with Crippen LogP contribution in [-0.4, -0.2) is 10.2 Å². The maximum absolute atomic E-state index is 10.0. The highest BCUT2D eigenvalue weighted by Gasteiger charge is 2.27. The lowest BCUT2D eigenvalue weighted by atomic mass is 9.81. The molecule has 1 aliphatic carbocycles. The van der Waals surface area contributed by atoms with E-state index in [1.54, 1.807) is 11.3 Å². The lowest BCUT2D eigenvalue weighted by molar-refractivity contribution is 0.0849. The van der Waals surface area contributed by atoms with Crippen molar-refractivity contribution in [3.8, 4) is 5.75 Å². The Hall–Kier alpha value is -2.47. The van der Waals surface area contributed by atoms with Gasteiger partial charge in [-0.15, -0.1) is 11.3 Å². The quantitative estimate of drug-likeness (QED) is 0.345. The van der Waals surface area contributed by atoms with Crippen LogP contribution in [0.25, 0.3) is 21.0 Å². The minimum absolute atomic E-state index is 0.0532. The summed E-state index contributed by atoms with van der Waals surface area (Å²) < 4.78 is 7.46. The summed E-state index contributed by atoms with van der Waals surface area (Å²) in [4.78, 5) is 4.73. The Bertz CT molecular complexity index is 1150. The van der Waals surface area contributed by atoms with E-state index in [-0.39, 0.29) is 6.04 Å². The first-order valence-electron chi connectivity index (χ1n) is 10.7. The zero-order valence-corrected chi connectivity index (χ0v) is 17.7. The van der Waals surface area contributed by atoms with Gasteiger partial charge < -0.3 is 9.94 Å². The minimum atomic E-state index is -0.0532.